The minimum Gasteiger partial charge on any atom is -0.324 e. The summed E-state index contributed by atoms with van der Waals surface area (Å²) >= 11 is 0. The molecule has 68 valence electrons. The van der Waals surface area contributed by atoms with Gasteiger partial charge < -0.3 is 5.73 Å². The van der Waals surface area contributed by atoms with Crippen LogP contribution in [0.3, 0.4) is 0 Å². The van der Waals surface area contributed by atoms with Gasteiger partial charge in [0.25, 0.3) is 0 Å². The number of rotatable bonds is 1. The number of hydrogen-bond donors (Lipinski definition) is 1. The molecule has 0 spiro atoms. The SMILES string of the molecule is Cc1cccc2c1C=C(C(C)N)C2. The van der Waals surface area contributed by atoms with Crippen molar-refractivity contribution in [3.63, 3.8) is 0 Å². The van der Waals surface area contributed by atoms with E-state index in [4.69, 9.17) is 5.73 Å². The molecule has 0 fully saturated rings. The zero-order chi connectivity index (χ0) is 9.42. The quantitative estimate of drug-likeness (QED) is 0.692. The number of hydrogen-bond acceptors (Lipinski definition) is 1. The molecule has 0 aromatic heterocycles. The minimum absolute atomic E-state index is 0.187. The van der Waals surface area contributed by atoms with Crippen molar-refractivity contribution in [1.29, 1.82) is 0 Å². The van der Waals surface area contributed by atoms with E-state index in [2.05, 4.69) is 31.2 Å². The molecule has 0 amide bonds. The van der Waals surface area contributed by atoms with Gasteiger partial charge in [0.2, 0.25) is 0 Å². The smallest absolute Gasteiger partial charge is 0.0231 e. The molecule has 0 radical (unpaired) electrons. The van der Waals surface area contributed by atoms with Gasteiger partial charge in [-0.15, -0.1) is 0 Å². The predicted octanol–water partition coefficient (Wildman–Crippen LogP) is 2.28. The summed E-state index contributed by atoms with van der Waals surface area (Å²) in [5.41, 5.74) is 11.4. The third kappa shape index (κ3) is 1.40. The standard InChI is InChI=1S/C12H15N/c1-8-4-3-5-10-6-11(9(2)13)7-12(8)10/h3-5,7,9H,6,13H2,1-2H3. The molecule has 1 aromatic rings. The maximum Gasteiger partial charge on any atom is 0.0231 e. The van der Waals surface area contributed by atoms with E-state index >= 15 is 0 Å². The molecule has 1 aliphatic rings. The molecule has 1 aromatic carbocycles. The van der Waals surface area contributed by atoms with Gasteiger partial charge in [-0.05, 0) is 42.5 Å². The van der Waals surface area contributed by atoms with Gasteiger partial charge in [-0.3, -0.25) is 0 Å². The van der Waals surface area contributed by atoms with Crippen molar-refractivity contribution in [3.8, 4) is 0 Å². The van der Waals surface area contributed by atoms with Crippen LogP contribution < -0.4 is 5.73 Å². The van der Waals surface area contributed by atoms with Crippen molar-refractivity contribution in [2.45, 2.75) is 26.3 Å². The van der Waals surface area contributed by atoms with Crippen LogP contribution in [0, 0.1) is 6.92 Å². The highest BCUT2D eigenvalue weighted by Crippen LogP contribution is 2.28. The first-order valence-corrected chi connectivity index (χ1v) is 4.73. The van der Waals surface area contributed by atoms with Gasteiger partial charge in [0, 0.05) is 6.04 Å². The van der Waals surface area contributed by atoms with Crippen LogP contribution in [0.25, 0.3) is 6.08 Å². The third-order valence-electron chi connectivity index (χ3n) is 2.72. The lowest BCUT2D eigenvalue weighted by molar-refractivity contribution is 0.841. The number of fused-ring (bicyclic) bond motifs is 1. The Labute approximate surface area is 79.3 Å². The Morgan fingerprint density at radius 3 is 2.77 bits per heavy atom. The third-order valence-corrected chi connectivity index (χ3v) is 2.72. The van der Waals surface area contributed by atoms with Crippen LogP contribution in [0.15, 0.2) is 23.8 Å². The summed E-state index contributed by atoms with van der Waals surface area (Å²) in [4.78, 5) is 0. The fourth-order valence-electron chi connectivity index (χ4n) is 1.85. The van der Waals surface area contributed by atoms with Gasteiger partial charge in [-0.1, -0.05) is 24.3 Å². The maximum atomic E-state index is 5.86. The molecule has 0 heterocycles. The van der Waals surface area contributed by atoms with E-state index in [1.54, 1.807) is 0 Å². The lowest BCUT2D eigenvalue weighted by atomic mass is 10.0. The second-order valence-electron chi connectivity index (χ2n) is 3.83. The average molecular weight is 173 g/mol. The number of nitrogens with two attached hydrogens (primary N) is 1. The van der Waals surface area contributed by atoms with E-state index in [0.717, 1.165) is 6.42 Å². The summed E-state index contributed by atoms with van der Waals surface area (Å²) in [5, 5.41) is 0. The van der Waals surface area contributed by atoms with Crippen LogP contribution >= 0.6 is 0 Å². The number of aryl methyl sites for hydroxylation is 1. The van der Waals surface area contributed by atoms with Gasteiger partial charge in [-0.2, -0.15) is 0 Å². The summed E-state index contributed by atoms with van der Waals surface area (Å²) < 4.78 is 0. The summed E-state index contributed by atoms with van der Waals surface area (Å²) in [6, 6.07) is 6.64. The lowest BCUT2D eigenvalue weighted by Gasteiger charge is -2.04. The average Bonchev–Trinajstić information content (AvgIpc) is 2.49. The summed E-state index contributed by atoms with van der Waals surface area (Å²) in [7, 11) is 0. The van der Waals surface area contributed by atoms with Crippen molar-refractivity contribution in [2.75, 3.05) is 0 Å². The molecule has 0 saturated carbocycles. The van der Waals surface area contributed by atoms with Crippen LogP contribution in [0.2, 0.25) is 0 Å². The Bertz CT molecular complexity index is 361. The Morgan fingerprint density at radius 2 is 2.15 bits per heavy atom. The lowest BCUT2D eigenvalue weighted by Crippen LogP contribution is -2.17. The maximum absolute atomic E-state index is 5.86. The van der Waals surface area contributed by atoms with Crippen molar-refractivity contribution in [3.05, 3.63) is 40.5 Å². The van der Waals surface area contributed by atoms with Crippen LogP contribution in [-0.4, -0.2) is 6.04 Å². The molecule has 13 heavy (non-hydrogen) atoms. The second-order valence-corrected chi connectivity index (χ2v) is 3.83. The van der Waals surface area contributed by atoms with Gasteiger partial charge >= 0.3 is 0 Å². The molecule has 0 aliphatic heterocycles. The molecule has 2 N–H and O–H groups in total. The Hall–Kier alpha value is -1.08. The predicted molar refractivity (Wildman–Crippen MR) is 56.5 cm³/mol. The van der Waals surface area contributed by atoms with Crippen LogP contribution in [-0.2, 0) is 6.42 Å². The molecule has 1 unspecified atom stereocenters. The molecule has 1 heteroatoms. The topological polar surface area (TPSA) is 26.0 Å². The van der Waals surface area contributed by atoms with Crippen molar-refractivity contribution >= 4 is 6.08 Å². The van der Waals surface area contributed by atoms with E-state index in [9.17, 15) is 0 Å². The highest BCUT2D eigenvalue weighted by atomic mass is 14.6. The van der Waals surface area contributed by atoms with E-state index < -0.39 is 0 Å². The van der Waals surface area contributed by atoms with E-state index in [1.165, 1.54) is 22.3 Å². The first-order chi connectivity index (χ1) is 6.18. The van der Waals surface area contributed by atoms with E-state index in [0.29, 0.717) is 0 Å². The summed E-state index contributed by atoms with van der Waals surface area (Å²) in [6.45, 7) is 4.20. The molecule has 1 aliphatic carbocycles. The second kappa shape index (κ2) is 3.00. The van der Waals surface area contributed by atoms with Crippen molar-refractivity contribution in [2.24, 2.45) is 5.73 Å². The Morgan fingerprint density at radius 1 is 1.38 bits per heavy atom. The molecule has 0 bridgehead atoms. The molecule has 0 saturated heterocycles. The van der Waals surface area contributed by atoms with E-state index in [-0.39, 0.29) is 6.04 Å². The van der Waals surface area contributed by atoms with Crippen LogP contribution in [0.5, 0.6) is 0 Å². The molecular formula is C12H15N. The minimum atomic E-state index is 0.187. The monoisotopic (exact) mass is 173 g/mol. The Balaban J connectivity index is 2.43. The first kappa shape index (κ1) is 8.52. The van der Waals surface area contributed by atoms with E-state index in [1.807, 2.05) is 6.92 Å². The summed E-state index contributed by atoms with van der Waals surface area (Å²) in [6.07, 6.45) is 3.28. The summed E-state index contributed by atoms with van der Waals surface area (Å²) in [5.74, 6) is 0. The van der Waals surface area contributed by atoms with Crippen LogP contribution in [0.1, 0.15) is 23.6 Å². The molecule has 1 atom stereocenters. The number of benzene rings is 1. The normalized spacial score (nSPS) is 16.7. The zero-order valence-corrected chi connectivity index (χ0v) is 8.17. The fourth-order valence-corrected chi connectivity index (χ4v) is 1.85. The van der Waals surface area contributed by atoms with Crippen molar-refractivity contribution < 1.29 is 0 Å². The van der Waals surface area contributed by atoms with Gasteiger partial charge in [0.05, 0.1) is 0 Å². The molecule has 1 nitrogen and oxygen atoms in total. The van der Waals surface area contributed by atoms with Crippen molar-refractivity contribution in [1.82, 2.24) is 0 Å². The first-order valence-electron chi connectivity index (χ1n) is 4.73. The Kier molecular flexibility index (Phi) is 1.97. The highest BCUT2D eigenvalue weighted by Gasteiger charge is 2.15. The largest absolute Gasteiger partial charge is 0.324 e. The van der Waals surface area contributed by atoms with Gasteiger partial charge in [-0.25, -0.2) is 0 Å². The zero-order valence-electron chi connectivity index (χ0n) is 8.17. The van der Waals surface area contributed by atoms with Gasteiger partial charge in [0.1, 0.15) is 0 Å². The van der Waals surface area contributed by atoms with Gasteiger partial charge in [0.15, 0.2) is 0 Å². The molecular weight excluding hydrogens is 158 g/mol. The van der Waals surface area contributed by atoms with Crippen LogP contribution in [0.4, 0.5) is 0 Å². The molecule has 2 rings (SSSR count). The highest BCUT2D eigenvalue weighted by molar-refractivity contribution is 5.67. The fraction of sp³-hybridized carbons (Fsp3) is 0.333.